The average Bonchev–Trinajstić information content (AvgIpc) is 2.77. The highest BCUT2D eigenvalue weighted by molar-refractivity contribution is 5.83. The van der Waals surface area contributed by atoms with Crippen LogP contribution >= 0.6 is 0 Å². The van der Waals surface area contributed by atoms with Crippen LogP contribution in [-0.4, -0.2) is 27.0 Å². The Morgan fingerprint density at radius 2 is 1.61 bits per heavy atom. The zero-order chi connectivity index (χ0) is 19.2. The molecule has 0 saturated heterocycles. The van der Waals surface area contributed by atoms with Gasteiger partial charge in [0.15, 0.2) is 17.0 Å². The van der Waals surface area contributed by atoms with Crippen molar-refractivity contribution < 1.29 is 4.74 Å². The van der Waals surface area contributed by atoms with E-state index in [9.17, 15) is 0 Å². The molecule has 7 nitrogen and oxygen atoms in total. The second-order valence-corrected chi connectivity index (χ2v) is 6.13. The molecule has 0 amide bonds. The van der Waals surface area contributed by atoms with E-state index in [1.807, 2.05) is 42.5 Å². The first-order valence-electron chi connectivity index (χ1n) is 8.96. The van der Waals surface area contributed by atoms with Gasteiger partial charge in [-0.3, -0.25) is 0 Å². The summed E-state index contributed by atoms with van der Waals surface area (Å²) in [4.78, 5) is 17.8. The lowest BCUT2D eigenvalue weighted by molar-refractivity contribution is 0.410. The molecule has 2 aromatic heterocycles. The molecule has 4 aromatic rings. The van der Waals surface area contributed by atoms with Gasteiger partial charge >= 0.3 is 0 Å². The van der Waals surface area contributed by atoms with Crippen LogP contribution in [-0.2, 0) is 13.1 Å². The van der Waals surface area contributed by atoms with Crippen molar-refractivity contribution in [2.75, 3.05) is 17.7 Å². The summed E-state index contributed by atoms with van der Waals surface area (Å²) in [5.41, 5.74) is 3.35. The van der Waals surface area contributed by atoms with Gasteiger partial charge in [-0.1, -0.05) is 48.5 Å². The third-order valence-electron chi connectivity index (χ3n) is 4.26. The summed E-state index contributed by atoms with van der Waals surface area (Å²) in [6, 6.07) is 18.0. The number of nitrogens with zero attached hydrogens (tertiary/aromatic N) is 4. The molecular weight excluding hydrogens is 352 g/mol. The van der Waals surface area contributed by atoms with Crippen LogP contribution in [0.1, 0.15) is 11.1 Å². The van der Waals surface area contributed by atoms with E-state index in [4.69, 9.17) is 4.74 Å². The number of nitrogens with one attached hydrogen (secondary N) is 2. The summed E-state index contributed by atoms with van der Waals surface area (Å²) in [6.07, 6.45) is 3.27. The van der Waals surface area contributed by atoms with Crippen LogP contribution in [0.3, 0.4) is 0 Å². The van der Waals surface area contributed by atoms with Gasteiger partial charge in [0.25, 0.3) is 0 Å². The van der Waals surface area contributed by atoms with E-state index >= 15 is 0 Å². The molecule has 0 aliphatic rings. The van der Waals surface area contributed by atoms with Crippen molar-refractivity contribution in [2.24, 2.45) is 0 Å². The van der Waals surface area contributed by atoms with E-state index in [0.29, 0.717) is 36.0 Å². The number of aromatic nitrogens is 4. The molecule has 7 heteroatoms. The number of hydrogen-bond acceptors (Lipinski definition) is 7. The van der Waals surface area contributed by atoms with E-state index < -0.39 is 0 Å². The maximum Gasteiger partial charge on any atom is 0.227 e. The summed E-state index contributed by atoms with van der Waals surface area (Å²) in [7, 11) is 1.66. The number of anilines is 2. The van der Waals surface area contributed by atoms with Gasteiger partial charge in [-0.2, -0.15) is 9.97 Å². The first-order chi connectivity index (χ1) is 13.8. The molecule has 2 aromatic carbocycles. The number of methoxy groups -OCH3 is 1. The number of benzene rings is 2. The molecule has 140 valence electrons. The lowest BCUT2D eigenvalue weighted by atomic mass is 10.2. The topological polar surface area (TPSA) is 84.9 Å². The monoisotopic (exact) mass is 372 g/mol. The molecule has 0 fully saturated rings. The van der Waals surface area contributed by atoms with Gasteiger partial charge in [0.1, 0.15) is 5.75 Å². The molecular formula is C21H20N6O. The predicted octanol–water partition coefficient (Wildman–Crippen LogP) is 3.65. The zero-order valence-corrected chi connectivity index (χ0v) is 15.5. The molecule has 0 aliphatic carbocycles. The van der Waals surface area contributed by atoms with Crippen LogP contribution in [0.25, 0.3) is 11.2 Å². The van der Waals surface area contributed by atoms with Gasteiger partial charge in [-0.25, -0.2) is 9.97 Å². The van der Waals surface area contributed by atoms with Gasteiger partial charge in [0.05, 0.1) is 7.11 Å². The SMILES string of the molecule is COc1ccccc1CNc1nc(NCc2ccccc2)c2nccnc2n1. The molecule has 2 N–H and O–H groups in total. The normalized spacial score (nSPS) is 10.6. The van der Waals surface area contributed by atoms with Gasteiger partial charge in [0, 0.05) is 31.0 Å². The Bertz CT molecular complexity index is 1070. The molecule has 0 radical (unpaired) electrons. The molecule has 0 bridgehead atoms. The van der Waals surface area contributed by atoms with Crippen molar-refractivity contribution >= 4 is 22.9 Å². The smallest absolute Gasteiger partial charge is 0.227 e. The van der Waals surface area contributed by atoms with Crippen molar-refractivity contribution in [3.63, 3.8) is 0 Å². The molecule has 0 spiro atoms. The fourth-order valence-corrected chi connectivity index (χ4v) is 2.87. The van der Waals surface area contributed by atoms with Crippen molar-refractivity contribution in [3.8, 4) is 5.75 Å². The van der Waals surface area contributed by atoms with Crippen molar-refractivity contribution in [1.29, 1.82) is 0 Å². The fraction of sp³-hybridized carbons (Fsp3) is 0.143. The molecule has 0 unspecified atom stereocenters. The fourth-order valence-electron chi connectivity index (χ4n) is 2.87. The Morgan fingerprint density at radius 1 is 0.821 bits per heavy atom. The second-order valence-electron chi connectivity index (χ2n) is 6.13. The van der Waals surface area contributed by atoms with Gasteiger partial charge < -0.3 is 15.4 Å². The molecule has 4 rings (SSSR count). The minimum Gasteiger partial charge on any atom is -0.496 e. The van der Waals surface area contributed by atoms with Gasteiger partial charge in [-0.15, -0.1) is 0 Å². The summed E-state index contributed by atoms with van der Waals surface area (Å²) in [5, 5.41) is 6.60. The summed E-state index contributed by atoms with van der Waals surface area (Å²) in [5.74, 6) is 1.94. The van der Waals surface area contributed by atoms with E-state index in [2.05, 4.69) is 42.7 Å². The van der Waals surface area contributed by atoms with Crippen LogP contribution in [0.2, 0.25) is 0 Å². The van der Waals surface area contributed by atoms with Crippen LogP contribution in [0, 0.1) is 0 Å². The third kappa shape index (κ3) is 3.98. The standard InChI is InChI=1S/C21H20N6O/c1-28-17-10-6-5-9-16(17)14-25-21-26-19-18(22-11-12-23-19)20(27-21)24-13-15-7-3-2-4-8-15/h2-12H,13-14H2,1H3,(H2,23,24,25,26,27). The highest BCUT2D eigenvalue weighted by Crippen LogP contribution is 2.21. The van der Waals surface area contributed by atoms with E-state index in [1.165, 1.54) is 0 Å². The Balaban J connectivity index is 1.58. The van der Waals surface area contributed by atoms with Gasteiger partial charge in [-0.05, 0) is 11.6 Å². The summed E-state index contributed by atoms with van der Waals surface area (Å²) < 4.78 is 5.40. The number of fused-ring (bicyclic) bond motifs is 1. The molecule has 28 heavy (non-hydrogen) atoms. The number of hydrogen-bond donors (Lipinski definition) is 2. The first kappa shape index (κ1) is 17.7. The highest BCUT2D eigenvalue weighted by atomic mass is 16.5. The van der Waals surface area contributed by atoms with Gasteiger partial charge in [0.2, 0.25) is 5.95 Å². The highest BCUT2D eigenvalue weighted by Gasteiger charge is 2.10. The predicted molar refractivity (Wildman–Crippen MR) is 109 cm³/mol. The Morgan fingerprint density at radius 3 is 2.46 bits per heavy atom. The molecule has 0 saturated carbocycles. The average molecular weight is 372 g/mol. The minimum absolute atomic E-state index is 0.481. The largest absolute Gasteiger partial charge is 0.496 e. The lowest BCUT2D eigenvalue weighted by Crippen LogP contribution is -2.09. The zero-order valence-electron chi connectivity index (χ0n) is 15.5. The lowest BCUT2D eigenvalue weighted by Gasteiger charge is -2.12. The van der Waals surface area contributed by atoms with Crippen molar-refractivity contribution in [3.05, 3.63) is 78.1 Å². The summed E-state index contributed by atoms with van der Waals surface area (Å²) in [6.45, 7) is 1.17. The maximum atomic E-state index is 5.40. The quantitative estimate of drug-likeness (QED) is 0.512. The van der Waals surface area contributed by atoms with Crippen LogP contribution in [0.4, 0.5) is 11.8 Å². The minimum atomic E-state index is 0.481. The third-order valence-corrected chi connectivity index (χ3v) is 4.26. The molecule has 0 aliphatic heterocycles. The van der Waals surface area contributed by atoms with E-state index in [-0.39, 0.29) is 0 Å². The van der Waals surface area contributed by atoms with E-state index in [1.54, 1.807) is 19.5 Å². The maximum absolute atomic E-state index is 5.40. The van der Waals surface area contributed by atoms with Crippen molar-refractivity contribution in [1.82, 2.24) is 19.9 Å². The Hall–Kier alpha value is -3.74. The van der Waals surface area contributed by atoms with Crippen LogP contribution in [0.15, 0.2) is 67.0 Å². The first-order valence-corrected chi connectivity index (χ1v) is 8.96. The number of rotatable bonds is 7. The number of para-hydroxylation sites is 1. The Labute approximate surface area is 162 Å². The molecule has 2 heterocycles. The van der Waals surface area contributed by atoms with Crippen LogP contribution in [0.5, 0.6) is 5.75 Å². The number of ether oxygens (including phenoxy) is 1. The molecule has 0 atom stereocenters. The Kier molecular flexibility index (Phi) is 5.24. The van der Waals surface area contributed by atoms with Crippen LogP contribution < -0.4 is 15.4 Å². The van der Waals surface area contributed by atoms with Crippen molar-refractivity contribution in [2.45, 2.75) is 13.1 Å². The summed E-state index contributed by atoms with van der Waals surface area (Å²) >= 11 is 0. The second kappa shape index (κ2) is 8.30. The van der Waals surface area contributed by atoms with E-state index in [0.717, 1.165) is 16.9 Å².